The minimum Gasteiger partial charge on any atom is -0.390 e. The van der Waals surface area contributed by atoms with Crippen LogP contribution in [-0.2, 0) is 12.1 Å². The second-order valence-corrected chi connectivity index (χ2v) is 9.37. The zero-order valence-corrected chi connectivity index (χ0v) is 18.6. The number of aromatic nitrogens is 2. The molecule has 0 radical (unpaired) electrons. The maximum atomic E-state index is 13.8. The number of carbonyl (C=O) groups excluding carboxylic acids is 1. The second kappa shape index (κ2) is 9.09. The Hall–Kier alpha value is -3.01. The van der Waals surface area contributed by atoms with E-state index in [2.05, 4.69) is 32.7 Å². The standard InChI is InChI=1S/C24H24FN5O2S/c25-19-11-26-22(27-20(19)13-31)30-12-18-14-33-23(28-21(32)16-7-3-1-4-8-16)29-24(18,15-30)17-9-5-2-6-10-17/h1-11,18,23,29,31H,12-15H2,(H,28,32). The first-order chi connectivity index (χ1) is 16.1. The van der Waals surface area contributed by atoms with Crippen molar-refractivity contribution in [1.82, 2.24) is 20.6 Å². The van der Waals surface area contributed by atoms with Crippen molar-refractivity contribution in [3.8, 4) is 0 Å². The zero-order chi connectivity index (χ0) is 22.8. The molecule has 170 valence electrons. The summed E-state index contributed by atoms with van der Waals surface area (Å²) in [5.74, 6) is 0.661. The predicted octanol–water partition coefficient (Wildman–Crippen LogP) is 2.49. The Labute approximate surface area is 195 Å². The van der Waals surface area contributed by atoms with Crippen molar-refractivity contribution in [3.63, 3.8) is 0 Å². The van der Waals surface area contributed by atoms with Gasteiger partial charge in [0.1, 0.15) is 11.2 Å². The molecule has 3 heterocycles. The van der Waals surface area contributed by atoms with Crippen LogP contribution in [0.2, 0.25) is 0 Å². The summed E-state index contributed by atoms with van der Waals surface area (Å²) in [4.78, 5) is 23.2. The fourth-order valence-corrected chi connectivity index (χ4v) is 5.88. The molecule has 0 saturated carbocycles. The van der Waals surface area contributed by atoms with E-state index in [-0.39, 0.29) is 23.0 Å². The number of nitrogens with one attached hydrogen (secondary N) is 2. The van der Waals surface area contributed by atoms with Crippen molar-refractivity contribution in [2.24, 2.45) is 5.92 Å². The van der Waals surface area contributed by atoms with E-state index in [9.17, 15) is 14.3 Å². The highest BCUT2D eigenvalue weighted by molar-refractivity contribution is 7.99. The van der Waals surface area contributed by atoms with Gasteiger partial charge in [-0.15, -0.1) is 11.8 Å². The smallest absolute Gasteiger partial charge is 0.253 e. The van der Waals surface area contributed by atoms with E-state index >= 15 is 0 Å². The van der Waals surface area contributed by atoms with Crippen LogP contribution in [0.25, 0.3) is 0 Å². The number of fused-ring (bicyclic) bond motifs is 1. The Morgan fingerprint density at radius 1 is 1.21 bits per heavy atom. The van der Waals surface area contributed by atoms with E-state index in [0.29, 0.717) is 24.6 Å². The number of aliphatic hydroxyl groups is 1. The molecule has 0 aliphatic carbocycles. The number of benzene rings is 2. The monoisotopic (exact) mass is 465 g/mol. The summed E-state index contributed by atoms with van der Waals surface area (Å²) in [6.45, 7) is 0.741. The molecule has 2 aliphatic rings. The predicted molar refractivity (Wildman–Crippen MR) is 125 cm³/mol. The van der Waals surface area contributed by atoms with Gasteiger partial charge in [0.05, 0.1) is 18.3 Å². The van der Waals surface area contributed by atoms with E-state index in [1.807, 2.05) is 41.3 Å². The van der Waals surface area contributed by atoms with Gasteiger partial charge >= 0.3 is 0 Å². The molecule has 33 heavy (non-hydrogen) atoms. The Kier molecular flexibility index (Phi) is 6.01. The first-order valence-corrected chi connectivity index (χ1v) is 11.8. The fourth-order valence-electron chi connectivity index (χ4n) is 4.59. The van der Waals surface area contributed by atoms with Gasteiger partial charge < -0.3 is 15.3 Å². The lowest BCUT2D eigenvalue weighted by molar-refractivity contribution is 0.0933. The highest BCUT2D eigenvalue weighted by Gasteiger charge is 2.52. The zero-order valence-electron chi connectivity index (χ0n) is 17.8. The molecule has 7 nitrogen and oxygen atoms in total. The summed E-state index contributed by atoms with van der Waals surface area (Å²) < 4.78 is 13.8. The molecule has 2 fully saturated rings. The fraction of sp³-hybridized carbons (Fsp3) is 0.292. The molecule has 3 unspecified atom stereocenters. The summed E-state index contributed by atoms with van der Waals surface area (Å²) in [6, 6.07) is 19.3. The summed E-state index contributed by atoms with van der Waals surface area (Å²) in [7, 11) is 0. The highest BCUT2D eigenvalue weighted by atomic mass is 32.2. The van der Waals surface area contributed by atoms with E-state index < -0.39 is 18.0 Å². The van der Waals surface area contributed by atoms with Crippen LogP contribution < -0.4 is 15.5 Å². The largest absolute Gasteiger partial charge is 0.390 e. The Morgan fingerprint density at radius 3 is 2.67 bits per heavy atom. The second-order valence-electron chi connectivity index (χ2n) is 8.23. The lowest BCUT2D eigenvalue weighted by atomic mass is 9.81. The Balaban J connectivity index is 1.43. The summed E-state index contributed by atoms with van der Waals surface area (Å²) in [6.07, 6.45) is 1.11. The van der Waals surface area contributed by atoms with Crippen LogP contribution in [0.15, 0.2) is 66.9 Å². The number of hydrogen-bond acceptors (Lipinski definition) is 7. The minimum absolute atomic E-state index is 0.0148. The van der Waals surface area contributed by atoms with Crippen molar-refractivity contribution in [3.05, 3.63) is 89.5 Å². The summed E-state index contributed by atoms with van der Waals surface area (Å²) in [5.41, 5.74) is 0.981. The van der Waals surface area contributed by atoms with Crippen LogP contribution >= 0.6 is 11.8 Å². The van der Waals surface area contributed by atoms with Crippen LogP contribution in [0.3, 0.4) is 0 Å². The quantitative estimate of drug-likeness (QED) is 0.533. The van der Waals surface area contributed by atoms with Crippen LogP contribution in [0.5, 0.6) is 0 Å². The molecule has 3 aromatic rings. The average molecular weight is 466 g/mol. The number of nitrogens with zero attached hydrogens (tertiary/aromatic N) is 3. The van der Waals surface area contributed by atoms with Gasteiger partial charge in [-0.05, 0) is 17.7 Å². The Bertz CT molecular complexity index is 1140. The van der Waals surface area contributed by atoms with E-state index in [1.165, 1.54) is 0 Å². The SMILES string of the molecule is O=C(NC1NC2(c3ccccc3)CN(c3ncc(F)c(CO)n3)CC2CS1)c1ccccc1. The first kappa shape index (κ1) is 21.8. The van der Waals surface area contributed by atoms with Gasteiger partial charge in [0, 0.05) is 30.3 Å². The number of thioether (sulfide) groups is 1. The van der Waals surface area contributed by atoms with Gasteiger partial charge in [-0.3, -0.25) is 10.1 Å². The summed E-state index contributed by atoms with van der Waals surface area (Å²) >= 11 is 1.65. The van der Waals surface area contributed by atoms with Gasteiger partial charge in [-0.2, -0.15) is 0 Å². The molecule has 3 atom stereocenters. The number of anilines is 1. The molecule has 2 aliphatic heterocycles. The highest BCUT2D eigenvalue weighted by Crippen LogP contribution is 2.44. The van der Waals surface area contributed by atoms with Crippen molar-refractivity contribution in [1.29, 1.82) is 0 Å². The first-order valence-electron chi connectivity index (χ1n) is 10.8. The molecule has 9 heteroatoms. The molecule has 0 bridgehead atoms. The molecule has 2 saturated heterocycles. The van der Waals surface area contributed by atoms with E-state index in [1.54, 1.807) is 23.9 Å². The van der Waals surface area contributed by atoms with Crippen LogP contribution in [-0.4, -0.2) is 45.3 Å². The van der Waals surface area contributed by atoms with Gasteiger partial charge in [-0.25, -0.2) is 14.4 Å². The molecular formula is C24H24FN5O2S. The Morgan fingerprint density at radius 2 is 1.94 bits per heavy atom. The number of amides is 1. The summed E-state index contributed by atoms with van der Waals surface area (Å²) in [5, 5.41) is 16.2. The van der Waals surface area contributed by atoms with Gasteiger partial charge in [-0.1, -0.05) is 48.5 Å². The molecule has 1 amide bonds. The topological polar surface area (TPSA) is 90.4 Å². The lowest BCUT2D eigenvalue weighted by Crippen LogP contribution is -2.61. The van der Waals surface area contributed by atoms with E-state index in [0.717, 1.165) is 17.5 Å². The molecule has 1 aromatic heterocycles. The minimum atomic E-state index is -0.618. The normalized spacial score (nSPS) is 24.4. The third-order valence-corrected chi connectivity index (χ3v) is 7.42. The average Bonchev–Trinajstić information content (AvgIpc) is 3.25. The van der Waals surface area contributed by atoms with Crippen LogP contribution in [0.1, 0.15) is 21.6 Å². The number of halogens is 1. The van der Waals surface area contributed by atoms with E-state index in [4.69, 9.17) is 0 Å². The van der Waals surface area contributed by atoms with Gasteiger partial charge in [0.25, 0.3) is 5.91 Å². The van der Waals surface area contributed by atoms with Crippen molar-refractivity contribution in [2.75, 3.05) is 23.7 Å². The maximum Gasteiger partial charge on any atom is 0.253 e. The lowest BCUT2D eigenvalue weighted by Gasteiger charge is -2.43. The number of carbonyl (C=O) groups is 1. The van der Waals surface area contributed by atoms with Crippen molar-refractivity contribution in [2.45, 2.75) is 17.6 Å². The molecule has 3 N–H and O–H groups in total. The van der Waals surface area contributed by atoms with Crippen molar-refractivity contribution >= 4 is 23.6 Å². The molecule has 2 aromatic carbocycles. The number of rotatable bonds is 5. The van der Waals surface area contributed by atoms with Crippen LogP contribution in [0, 0.1) is 11.7 Å². The van der Waals surface area contributed by atoms with Crippen LogP contribution in [0.4, 0.5) is 10.3 Å². The number of aliphatic hydroxyl groups excluding tert-OH is 1. The third-order valence-electron chi connectivity index (χ3n) is 6.25. The van der Waals surface area contributed by atoms with Gasteiger partial charge in [0.15, 0.2) is 5.82 Å². The van der Waals surface area contributed by atoms with Gasteiger partial charge in [0.2, 0.25) is 5.95 Å². The molecular weight excluding hydrogens is 441 g/mol. The third kappa shape index (κ3) is 4.19. The molecule has 0 spiro atoms. The molecule has 5 rings (SSSR count). The maximum absolute atomic E-state index is 13.8. The number of hydrogen-bond donors (Lipinski definition) is 3. The van der Waals surface area contributed by atoms with Crippen molar-refractivity contribution < 1.29 is 14.3 Å².